The fourth-order valence-electron chi connectivity index (χ4n) is 4.19. The Hall–Kier alpha value is -5.14. The van der Waals surface area contributed by atoms with Crippen LogP contribution in [-0.2, 0) is 10.1 Å². The molecular weight excluding hydrogens is 560 g/mol. The minimum Gasteiger partial charge on any atom is -0.507 e. The number of hydrogen-bond acceptors (Lipinski definition) is 10. The van der Waals surface area contributed by atoms with E-state index >= 15 is 0 Å². The second-order valence-electron chi connectivity index (χ2n) is 9.71. The molecule has 13 heteroatoms. The quantitative estimate of drug-likeness (QED) is 0.0841. The molecule has 0 atom stereocenters. The van der Waals surface area contributed by atoms with Crippen molar-refractivity contribution in [1.29, 1.82) is 0 Å². The lowest BCUT2D eigenvalue weighted by atomic mass is 10.0. The summed E-state index contributed by atoms with van der Waals surface area (Å²) in [5, 5.41) is 35.9. The summed E-state index contributed by atoms with van der Waals surface area (Å²) < 4.78 is 32.9. The number of benzene rings is 4. The molecule has 4 rings (SSSR count). The molecule has 0 spiro atoms. The van der Waals surface area contributed by atoms with Gasteiger partial charge in [0.05, 0.1) is 28.4 Å². The Morgan fingerprint density at radius 1 is 0.690 bits per heavy atom. The fourth-order valence-corrected chi connectivity index (χ4v) is 4.89. The van der Waals surface area contributed by atoms with Gasteiger partial charge in [-0.2, -0.15) is 23.8 Å². The molecule has 0 saturated carbocycles. The number of nitrogen functional groups attached to an aromatic ring is 2. The first-order valence-corrected chi connectivity index (χ1v) is 13.9. The summed E-state index contributed by atoms with van der Waals surface area (Å²) in [7, 11) is -4.58. The number of anilines is 2. The maximum absolute atomic E-state index is 11.7. The molecule has 0 bridgehead atoms. The molecule has 4 aromatic carbocycles. The van der Waals surface area contributed by atoms with Crippen LogP contribution in [0.15, 0.2) is 79.9 Å². The van der Waals surface area contributed by atoms with Crippen LogP contribution < -0.4 is 11.5 Å². The molecule has 42 heavy (non-hydrogen) atoms. The van der Waals surface area contributed by atoms with E-state index in [0.29, 0.717) is 28.2 Å². The van der Waals surface area contributed by atoms with Crippen LogP contribution in [0.3, 0.4) is 0 Å². The average Bonchev–Trinajstić information content (AvgIpc) is 2.90. The van der Waals surface area contributed by atoms with Crippen LogP contribution in [-0.4, -0.2) is 29.2 Å². The zero-order chi connectivity index (χ0) is 30.9. The Labute approximate surface area is 241 Å². The SMILES string of the molecule is Cc1cc(-c2ccc(N=Nc3c(N)c(C)cc(S(=O)(=O)O)c3N)c(C)c2)ccc1N=Nc1cc(C(=O)O)c(O)cc1C. The van der Waals surface area contributed by atoms with Crippen LogP contribution in [0.1, 0.15) is 32.6 Å². The van der Waals surface area contributed by atoms with E-state index < -0.39 is 21.0 Å². The Morgan fingerprint density at radius 3 is 1.69 bits per heavy atom. The molecule has 4 aromatic rings. The topological polar surface area (TPSA) is 213 Å². The average molecular weight is 589 g/mol. The van der Waals surface area contributed by atoms with Crippen molar-refractivity contribution >= 4 is 50.2 Å². The third kappa shape index (κ3) is 6.11. The summed E-state index contributed by atoms with van der Waals surface area (Å²) in [6.45, 7) is 6.98. The van der Waals surface area contributed by atoms with Crippen LogP contribution in [0.5, 0.6) is 5.75 Å². The number of rotatable bonds is 7. The summed E-state index contributed by atoms with van der Waals surface area (Å²) in [5.74, 6) is -1.60. The molecule has 0 radical (unpaired) electrons. The predicted molar refractivity (Wildman–Crippen MR) is 159 cm³/mol. The monoisotopic (exact) mass is 588 g/mol. The first kappa shape index (κ1) is 29.8. The number of carboxylic acids is 1. The fraction of sp³-hybridized carbons (Fsp3) is 0.138. The van der Waals surface area contributed by atoms with E-state index in [9.17, 15) is 28.0 Å². The van der Waals surface area contributed by atoms with Gasteiger partial charge in [-0.05, 0) is 104 Å². The number of nitrogens with two attached hydrogens (primary N) is 2. The Morgan fingerprint density at radius 2 is 1.19 bits per heavy atom. The Bertz CT molecular complexity index is 1920. The molecule has 0 amide bonds. The molecule has 0 aliphatic rings. The summed E-state index contributed by atoms with van der Waals surface area (Å²) in [6, 6.07) is 14.9. The van der Waals surface area contributed by atoms with Crippen molar-refractivity contribution in [2.24, 2.45) is 20.5 Å². The summed E-state index contributed by atoms with van der Waals surface area (Å²) in [6.07, 6.45) is 0. The highest BCUT2D eigenvalue weighted by atomic mass is 32.2. The minimum absolute atomic E-state index is 0.0480. The number of aryl methyl sites for hydroxylation is 4. The lowest BCUT2D eigenvalue weighted by Crippen LogP contribution is -2.06. The number of azo groups is 2. The molecule has 0 fully saturated rings. The van der Waals surface area contributed by atoms with Crippen molar-refractivity contribution in [2.45, 2.75) is 32.6 Å². The maximum atomic E-state index is 11.7. The second-order valence-corrected chi connectivity index (χ2v) is 11.1. The molecule has 12 nitrogen and oxygen atoms in total. The lowest BCUT2D eigenvalue weighted by molar-refractivity contribution is 0.0693. The van der Waals surface area contributed by atoms with Crippen molar-refractivity contribution in [2.75, 3.05) is 11.5 Å². The number of carbonyl (C=O) groups is 1. The van der Waals surface area contributed by atoms with Crippen molar-refractivity contribution in [3.63, 3.8) is 0 Å². The number of nitrogens with zero attached hydrogens (tertiary/aromatic N) is 4. The Kier molecular flexibility index (Phi) is 8.09. The third-order valence-corrected chi connectivity index (χ3v) is 7.51. The van der Waals surface area contributed by atoms with Crippen LogP contribution in [0.4, 0.5) is 34.1 Å². The van der Waals surface area contributed by atoms with Crippen molar-refractivity contribution in [3.8, 4) is 16.9 Å². The summed E-state index contributed by atoms with van der Waals surface area (Å²) in [5.41, 5.74) is 17.3. The zero-order valence-corrected chi connectivity index (χ0v) is 23.9. The second kappa shape index (κ2) is 11.4. The number of carboxylic acid groups (broad SMARTS) is 1. The maximum Gasteiger partial charge on any atom is 0.339 e. The number of hydrogen-bond donors (Lipinski definition) is 5. The zero-order valence-electron chi connectivity index (χ0n) is 23.1. The first-order valence-electron chi connectivity index (χ1n) is 12.5. The standard InChI is InChI=1S/C29H28N6O6S/c1-14-9-18(5-7-21(14)32-34-23-13-20(29(37)38)24(36)11-16(23)3)19-6-8-22(15(2)10-19)33-35-28-26(30)17(4)12-25(27(28)31)42(39,40)41/h5-13,36H,30-31H2,1-4H3,(H,37,38)(H,39,40,41). The van der Waals surface area contributed by atoms with E-state index in [0.717, 1.165) is 22.3 Å². The number of aromatic carboxylic acids is 1. The van der Waals surface area contributed by atoms with Gasteiger partial charge in [0.25, 0.3) is 10.1 Å². The van der Waals surface area contributed by atoms with Gasteiger partial charge in [-0.25, -0.2) is 4.79 Å². The van der Waals surface area contributed by atoms with Crippen molar-refractivity contribution in [3.05, 3.63) is 82.4 Å². The molecule has 0 heterocycles. The van der Waals surface area contributed by atoms with Crippen LogP contribution in [0.25, 0.3) is 11.1 Å². The highest BCUT2D eigenvalue weighted by Crippen LogP contribution is 2.39. The van der Waals surface area contributed by atoms with Crippen molar-refractivity contribution < 1.29 is 28.0 Å². The minimum atomic E-state index is -4.58. The van der Waals surface area contributed by atoms with E-state index in [1.165, 1.54) is 18.2 Å². The van der Waals surface area contributed by atoms with Crippen LogP contribution >= 0.6 is 0 Å². The predicted octanol–water partition coefficient (Wildman–Crippen LogP) is 7.23. The largest absolute Gasteiger partial charge is 0.507 e. The third-order valence-electron chi connectivity index (χ3n) is 6.62. The van der Waals surface area contributed by atoms with Crippen LogP contribution in [0, 0.1) is 27.7 Å². The molecular formula is C29H28N6O6S. The van der Waals surface area contributed by atoms with Gasteiger partial charge in [-0.15, -0.1) is 5.11 Å². The Balaban J connectivity index is 1.60. The van der Waals surface area contributed by atoms with Gasteiger partial charge in [0, 0.05) is 0 Å². The van der Waals surface area contributed by atoms with Gasteiger partial charge in [0.15, 0.2) is 0 Å². The first-order chi connectivity index (χ1) is 19.7. The molecule has 0 aromatic heterocycles. The smallest absolute Gasteiger partial charge is 0.339 e. The number of aromatic hydroxyl groups is 1. The van der Waals surface area contributed by atoms with Gasteiger partial charge in [0.2, 0.25) is 0 Å². The summed E-state index contributed by atoms with van der Waals surface area (Å²) >= 11 is 0. The molecule has 0 aliphatic carbocycles. The van der Waals surface area contributed by atoms with E-state index in [-0.39, 0.29) is 28.4 Å². The summed E-state index contributed by atoms with van der Waals surface area (Å²) in [4.78, 5) is 10.8. The van der Waals surface area contributed by atoms with Crippen LogP contribution in [0.2, 0.25) is 0 Å². The van der Waals surface area contributed by atoms with Gasteiger partial charge < -0.3 is 21.7 Å². The molecule has 216 valence electrons. The van der Waals surface area contributed by atoms with Gasteiger partial charge in [-0.1, -0.05) is 12.1 Å². The highest BCUT2D eigenvalue weighted by molar-refractivity contribution is 7.86. The van der Waals surface area contributed by atoms with Gasteiger partial charge in [0.1, 0.15) is 21.9 Å². The van der Waals surface area contributed by atoms with Gasteiger partial charge >= 0.3 is 5.97 Å². The highest BCUT2D eigenvalue weighted by Gasteiger charge is 2.21. The molecule has 7 N–H and O–H groups in total. The van der Waals surface area contributed by atoms with E-state index in [1.807, 2.05) is 38.1 Å². The molecule has 0 saturated heterocycles. The van der Waals surface area contributed by atoms with E-state index in [4.69, 9.17) is 11.5 Å². The van der Waals surface area contributed by atoms with Gasteiger partial charge in [-0.3, -0.25) is 4.55 Å². The van der Waals surface area contributed by atoms with Crippen molar-refractivity contribution in [1.82, 2.24) is 0 Å². The molecule has 0 aliphatic heterocycles. The lowest BCUT2D eigenvalue weighted by Gasteiger charge is -2.11. The normalized spacial score (nSPS) is 11.9. The molecule has 0 unspecified atom stereocenters. The van der Waals surface area contributed by atoms with E-state index in [2.05, 4.69) is 20.5 Å². The van der Waals surface area contributed by atoms with E-state index in [1.54, 1.807) is 26.0 Å². The number of phenols is 1.